The van der Waals surface area contributed by atoms with Gasteiger partial charge in [-0.2, -0.15) is 0 Å². The van der Waals surface area contributed by atoms with Crippen LogP contribution in [0.5, 0.6) is 0 Å². The standard InChI is InChI=1S/C23H30N2O8/c1-6-30-21(26)17-14(5)24-20(23(32-8-3)33-9-4)19(22(27)31-7-2)18(17)15-11-10-12-16(13-15)25(28)29/h10-13,18,23-24H,6-9H2,1-5H3. The number of carbonyl (C=O) groups is 2. The smallest absolute Gasteiger partial charge is 0.336 e. The Labute approximate surface area is 192 Å². The molecule has 10 heteroatoms. The molecule has 0 amide bonds. The van der Waals surface area contributed by atoms with Crippen molar-refractivity contribution in [1.29, 1.82) is 0 Å². The molecule has 0 aromatic heterocycles. The first-order valence-corrected chi connectivity index (χ1v) is 10.8. The predicted octanol–water partition coefficient (Wildman–Crippen LogP) is 3.34. The van der Waals surface area contributed by atoms with E-state index in [-0.39, 0.29) is 35.7 Å². The summed E-state index contributed by atoms with van der Waals surface area (Å²) in [6.07, 6.45) is -0.945. The number of esters is 2. The van der Waals surface area contributed by atoms with Crippen LogP contribution in [-0.4, -0.2) is 49.6 Å². The highest BCUT2D eigenvalue weighted by atomic mass is 16.7. The van der Waals surface area contributed by atoms with Gasteiger partial charge < -0.3 is 24.3 Å². The van der Waals surface area contributed by atoms with Gasteiger partial charge in [-0.25, -0.2) is 9.59 Å². The van der Waals surface area contributed by atoms with Crippen LogP contribution < -0.4 is 5.32 Å². The highest BCUT2D eigenvalue weighted by Gasteiger charge is 2.41. The number of hydrogen-bond acceptors (Lipinski definition) is 9. The van der Waals surface area contributed by atoms with Crippen molar-refractivity contribution in [2.24, 2.45) is 0 Å². The SMILES string of the molecule is CCOC(=O)C1=C(C)NC(C(OCC)OCC)=C(C(=O)OCC)C1c1cccc([N+](=O)[O-])c1. The van der Waals surface area contributed by atoms with Crippen molar-refractivity contribution in [1.82, 2.24) is 5.32 Å². The maximum absolute atomic E-state index is 13.2. The number of ether oxygens (including phenoxy) is 4. The first kappa shape index (κ1) is 26.0. The van der Waals surface area contributed by atoms with Crippen LogP contribution in [0.1, 0.15) is 46.1 Å². The van der Waals surface area contributed by atoms with E-state index in [1.165, 1.54) is 18.2 Å². The van der Waals surface area contributed by atoms with Crippen LogP contribution in [0.2, 0.25) is 0 Å². The second kappa shape index (κ2) is 12.1. The van der Waals surface area contributed by atoms with E-state index in [0.717, 1.165) is 0 Å². The Kier molecular flexibility index (Phi) is 9.56. The molecule has 2 rings (SSSR count). The van der Waals surface area contributed by atoms with E-state index in [2.05, 4.69) is 5.32 Å². The van der Waals surface area contributed by atoms with Gasteiger partial charge in [0, 0.05) is 31.0 Å². The van der Waals surface area contributed by atoms with Crippen molar-refractivity contribution in [3.63, 3.8) is 0 Å². The molecular formula is C23H30N2O8. The Morgan fingerprint density at radius 1 is 1.00 bits per heavy atom. The summed E-state index contributed by atoms with van der Waals surface area (Å²) in [5.41, 5.74) is 1.09. The molecule has 1 N–H and O–H groups in total. The number of nitro benzene ring substituents is 1. The molecule has 180 valence electrons. The minimum atomic E-state index is -0.998. The Morgan fingerprint density at radius 2 is 1.58 bits per heavy atom. The van der Waals surface area contributed by atoms with Crippen LogP contribution in [-0.2, 0) is 28.5 Å². The van der Waals surface area contributed by atoms with E-state index in [9.17, 15) is 19.7 Å². The van der Waals surface area contributed by atoms with E-state index in [4.69, 9.17) is 18.9 Å². The van der Waals surface area contributed by atoms with E-state index < -0.39 is 29.1 Å². The van der Waals surface area contributed by atoms with Crippen LogP contribution in [0, 0.1) is 10.1 Å². The summed E-state index contributed by atoms with van der Waals surface area (Å²) in [7, 11) is 0. The normalized spacial score (nSPS) is 16.0. The van der Waals surface area contributed by atoms with E-state index in [1.54, 1.807) is 40.7 Å². The van der Waals surface area contributed by atoms with E-state index in [1.807, 2.05) is 0 Å². The number of nitro groups is 1. The van der Waals surface area contributed by atoms with E-state index in [0.29, 0.717) is 24.5 Å². The number of benzene rings is 1. The maximum Gasteiger partial charge on any atom is 0.336 e. The number of rotatable bonds is 11. The van der Waals surface area contributed by atoms with Gasteiger partial charge in [-0.05, 0) is 40.2 Å². The molecule has 1 aromatic carbocycles. The number of carbonyl (C=O) groups excluding carboxylic acids is 2. The Hall–Kier alpha value is -3.24. The fourth-order valence-electron chi connectivity index (χ4n) is 3.62. The molecule has 0 saturated heterocycles. The van der Waals surface area contributed by atoms with Gasteiger partial charge in [-0.3, -0.25) is 10.1 Å². The first-order chi connectivity index (χ1) is 15.8. The lowest BCUT2D eigenvalue weighted by Crippen LogP contribution is -2.39. The van der Waals surface area contributed by atoms with E-state index >= 15 is 0 Å². The van der Waals surface area contributed by atoms with Gasteiger partial charge in [0.15, 0.2) is 6.29 Å². The summed E-state index contributed by atoms with van der Waals surface area (Å²) < 4.78 is 22.0. The molecule has 0 fully saturated rings. The van der Waals surface area contributed by atoms with Crippen LogP contribution in [0.25, 0.3) is 0 Å². The van der Waals surface area contributed by atoms with Gasteiger partial charge in [-0.1, -0.05) is 12.1 Å². The van der Waals surface area contributed by atoms with Gasteiger partial charge >= 0.3 is 11.9 Å². The lowest BCUT2D eigenvalue weighted by Gasteiger charge is -2.34. The Morgan fingerprint density at radius 3 is 2.09 bits per heavy atom. The second-order valence-corrected chi connectivity index (χ2v) is 6.96. The first-order valence-electron chi connectivity index (χ1n) is 10.8. The lowest BCUT2D eigenvalue weighted by molar-refractivity contribution is -0.384. The fourth-order valence-corrected chi connectivity index (χ4v) is 3.62. The number of allylic oxidation sites excluding steroid dienone is 1. The van der Waals surface area contributed by atoms with Crippen molar-refractivity contribution in [3.05, 3.63) is 62.5 Å². The molecule has 10 nitrogen and oxygen atoms in total. The van der Waals surface area contributed by atoms with Gasteiger partial charge in [-0.15, -0.1) is 0 Å². The molecule has 1 aliphatic rings. The molecule has 1 atom stereocenters. The highest BCUT2D eigenvalue weighted by Crippen LogP contribution is 2.41. The molecule has 0 radical (unpaired) electrons. The maximum atomic E-state index is 13.2. The second-order valence-electron chi connectivity index (χ2n) is 6.96. The molecule has 0 spiro atoms. The van der Waals surface area contributed by atoms with Crippen molar-refractivity contribution in [2.45, 2.75) is 46.8 Å². The average Bonchev–Trinajstić information content (AvgIpc) is 2.78. The van der Waals surface area contributed by atoms with Crippen LogP contribution in [0.4, 0.5) is 5.69 Å². The van der Waals surface area contributed by atoms with Crippen molar-refractivity contribution >= 4 is 17.6 Å². The minimum Gasteiger partial charge on any atom is -0.463 e. The summed E-state index contributed by atoms with van der Waals surface area (Å²) in [5.74, 6) is -2.35. The van der Waals surface area contributed by atoms with Crippen molar-refractivity contribution < 1.29 is 33.5 Å². The molecule has 0 bridgehead atoms. The summed E-state index contributed by atoms with van der Waals surface area (Å²) in [4.78, 5) is 37.1. The third kappa shape index (κ3) is 5.96. The third-order valence-corrected chi connectivity index (χ3v) is 4.87. The number of nitrogens with zero attached hydrogens (tertiary/aromatic N) is 1. The van der Waals surface area contributed by atoms with Gasteiger partial charge in [0.2, 0.25) is 0 Å². The van der Waals surface area contributed by atoms with Crippen LogP contribution >= 0.6 is 0 Å². The fraction of sp³-hybridized carbons (Fsp3) is 0.478. The third-order valence-electron chi connectivity index (χ3n) is 4.87. The summed E-state index contributed by atoms with van der Waals surface area (Å²) in [6.45, 7) is 9.34. The summed E-state index contributed by atoms with van der Waals surface area (Å²) in [5, 5.41) is 14.5. The molecule has 1 aliphatic heterocycles. The van der Waals surface area contributed by atoms with Gasteiger partial charge in [0.05, 0.1) is 40.9 Å². The van der Waals surface area contributed by atoms with Crippen molar-refractivity contribution in [3.8, 4) is 0 Å². The Bertz CT molecular complexity index is 948. The molecule has 0 aliphatic carbocycles. The van der Waals surface area contributed by atoms with Crippen LogP contribution in [0.3, 0.4) is 0 Å². The average molecular weight is 462 g/mol. The monoisotopic (exact) mass is 462 g/mol. The molecule has 1 unspecified atom stereocenters. The quantitative estimate of drug-likeness (QED) is 0.228. The number of nitrogens with one attached hydrogen (secondary N) is 1. The largest absolute Gasteiger partial charge is 0.463 e. The zero-order chi connectivity index (χ0) is 24.5. The zero-order valence-electron chi connectivity index (χ0n) is 19.5. The molecule has 1 aromatic rings. The lowest BCUT2D eigenvalue weighted by atomic mass is 9.80. The Balaban J connectivity index is 2.84. The molecule has 0 saturated carbocycles. The molecule has 33 heavy (non-hydrogen) atoms. The number of non-ortho nitro benzene ring substituents is 1. The highest BCUT2D eigenvalue weighted by molar-refractivity contribution is 6.00. The summed E-state index contributed by atoms with van der Waals surface area (Å²) >= 11 is 0. The zero-order valence-corrected chi connectivity index (χ0v) is 19.5. The topological polar surface area (TPSA) is 126 Å². The predicted molar refractivity (Wildman–Crippen MR) is 119 cm³/mol. The van der Waals surface area contributed by atoms with Gasteiger partial charge in [0.25, 0.3) is 5.69 Å². The van der Waals surface area contributed by atoms with Crippen molar-refractivity contribution in [2.75, 3.05) is 26.4 Å². The number of hydrogen-bond donors (Lipinski definition) is 1. The summed E-state index contributed by atoms with van der Waals surface area (Å²) in [6, 6.07) is 5.78. The number of dihydropyridines is 1. The molecular weight excluding hydrogens is 432 g/mol. The molecule has 1 heterocycles. The van der Waals surface area contributed by atoms with Gasteiger partial charge in [0.1, 0.15) is 0 Å². The minimum absolute atomic E-state index is 0.0675. The van der Waals surface area contributed by atoms with Crippen LogP contribution in [0.15, 0.2) is 46.8 Å².